The summed E-state index contributed by atoms with van der Waals surface area (Å²) in [5, 5.41) is 8.74. The highest BCUT2D eigenvalue weighted by atomic mass is 32.1. The molecule has 1 amide bonds. The number of carboxylic acid groups (broad SMARTS) is 1. The summed E-state index contributed by atoms with van der Waals surface area (Å²) < 4.78 is 15.2. The largest absolute Gasteiger partial charge is 0.463 e. The van der Waals surface area contributed by atoms with Crippen LogP contribution in [0, 0.1) is 0 Å². The second kappa shape index (κ2) is 6.13. The van der Waals surface area contributed by atoms with Crippen LogP contribution in [0.3, 0.4) is 0 Å². The SMILES string of the molecule is CCCCc1cn(C(C)(C)CF)sc1=NC(=O)O. The number of amides is 1. The molecule has 0 bridgehead atoms. The Balaban J connectivity index is 3.19. The Hall–Kier alpha value is -1.17. The van der Waals surface area contributed by atoms with E-state index in [4.69, 9.17) is 5.11 Å². The van der Waals surface area contributed by atoms with Gasteiger partial charge in [-0.25, -0.2) is 9.18 Å². The average molecular weight is 274 g/mol. The van der Waals surface area contributed by atoms with Crippen LogP contribution in [0.2, 0.25) is 0 Å². The standard InChI is InChI=1S/C12H19FN2O2S/c1-4-5-6-9-7-15(12(2,3)8-13)18-10(9)14-11(16)17/h7H,4-6,8H2,1-3H3,(H,16,17). The fourth-order valence-corrected chi connectivity index (χ4v) is 2.50. The highest BCUT2D eigenvalue weighted by molar-refractivity contribution is 7.04. The Morgan fingerprint density at radius 3 is 2.78 bits per heavy atom. The molecule has 1 rings (SSSR count). The first kappa shape index (κ1) is 14.9. The number of hydrogen-bond acceptors (Lipinski definition) is 2. The van der Waals surface area contributed by atoms with Crippen LogP contribution >= 0.6 is 11.5 Å². The van der Waals surface area contributed by atoms with Crippen molar-refractivity contribution in [2.75, 3.05) is 6.67 Å². The van der Waals surface area contributed by atoms with E-state index in [1.54, 1.807) is 17.8 Å². The number of aryl methyl sites for hydroxylation is 1. The Morgan fingerprint density at radius 1 is 1.61 bits per heavy atom. The summed E-state index contributed by atoms with van der Waals surface area (Å²) in [6.07, 6.45) is 3.37. The van der Waals surface area contributed by atoms with Gasteiger partial charge in [0.25, 0.3) is 0 Å². The van der Waals surface area contributed by atoms with Crippen molar-refractivity contribution >= 4 is 17.6 Å². The summed E-state index contributed by atoms with van der Waals surface area (Å²) in [5.74, 6) is 0. The predicted molar refractivity (Wildman–Crippen MR) is 69.8 cm³/mol. The van der Waals surface area contributed by atoms with Crippen molar-refractivity contribution in [1.29, 1.82) is 0 Å². The average Bonchev–Trinajstić information content (AvgIpc) is 2.69. The molecule has 0 saturated heterocycles. The van der Waals surface area contributed by atoms with Gasteiger partial charge >= 0.3 is 6.09 Å². The monoisotopic (exact) mass is 274 g/mol. The van der Waals surface area contributed by atoms with Crippen molar-refractivity contribution < 1.29 is 14.3 Å². The van der Waals surface area contributed by atoms with Gasteiger partial charge in [-0.15, -0.1) is 0 Å². The van der Waals surface area contributed by atoms with Gasteiger partial charge in [-0.1, -0.05) is 13.3 Å². The van der Waals surface area contributed by atoms with Crippen molar-refractivity contribution in [3.05, 3.63) is 16.4 Å². The number of carbonyl (C=O) groups is 1. The Labute approximate surface area is 110 Å². The van der Waals surface area contributed by atoms with Crippen molar-refractivity contribution in [1.82, 2.24) is 3.96 Å². The zero-order chi connectivity index (χ0) is 13.8. The smallest absolute Gasteiger partial charge is 0.432 e. The topological polar surface area (TPSA) is 54.6 Å². The lowest BCUT2D eigenvalue weighted by atomic mass is 10.1. The quantitative estimate of drug-likeness (QED) is 0.896. The third-order valence-corrected chi connectivity index (χ3v) is 3.98. The normalized spacial score (nSPS) is 13.0. The molecular formula is C12H19FN2O2S. The van der Waals surface area contributed by atoms with Gasteiger partial charge in [-0.05, 0) is 38.2 Å². The molecule has 18 heavy (non-hydrogen) atoms. The van der Waals surface area contributed by atoms with Crippen LogP contribution in [-0.4, -0.2) is 21.8 Å². The summed E-state index contributed by atoms with van der Waals surface area (Å²) in [6, 6.07) is 0. The highest BCUT2D eigenvalue weighted by Crippen LogP contribution is 2.19. The van der Waals surface area contributed by atoms with Crippen molar-refractivity contribution in [2.24, 2.45) is 4.99 Å². The molecule has 6 heteroatoms. The van der Waals surface area contributed by atoms with Gasteiger partial charge in [0.15, 0.2) is 0 Å². The summed E-state index contributed by atoms with van der Waals surface area (Å²) in [4.78, 5) is 14.3. The van der Waals surface area contributed by atoms with Crippen molar-refractivity contribution in [2.45, 2.75) is 45.6 Å². The third-order valence-electron chi connectivity index (χ3n) is 2.65. The number of nitrogens with zero attached hydrogens (tertiary/aromatic N) is 2. The minimum atomic E-state index is -1.21. The second-order valence-electron chi connectivity index (χ2n) is 4.82. The van der Waals surface area contributed by atoms with E-state index in [1.807, 2.05) is 6.20 Å². The number of rotatable bonds is 5. The molecule has 0 aliphatic rings. The van der Waals surface area contributed by atoms with Gasteiger partial charge in [-0.2, -0.15) is 4.99 Å². The van der Waals surface area contributed by atoms with Gasteiger partial charge in [0, 0.05) is 11.8 Å². The molecule has 1 aromatic rings. The van der Waals surface area contributed by atoms with Crippen LogP contribution in [-0.2, 0) is 12.0 Å². The van der Waals surface area contributed by atoms with Crippen LogP contribution in [0.15, 0.2) is 11.2 Å². The van der Waals surface area contributed by atoms with E-state index in [1.165, 1.54) is 11.5 Å². The van der Waals surface area contributed by atoms with E-state index in [-0.39, 0.29) is 0 Å². The van der Waals surface area contributed by atoms with Gasteiger partial charge in [0.05, 0.1) is 5.54 Å². The minimum Gasteiger partial charge on any atom is -0.463 e. The molecular weight excluding hydrogens is 255 g/mol. The molecule has 0 spiro atoms. The number of halogens is 1. The summed E-state index contributed by atoms with van der Waals surface area (Å²) in [6.45, 7) is 5.12. The Morgan fingerprint density at radius 2 is 2.28 bits per heavy atom. The molecule has 0 aliphatic carbocycles. The first-order valence-electron chi connectivity index (χ1n) is 5.96. The molecule has 102 valence electrons. The summed E-state index contributed by atoms with van der Waals surface area (Å²) >= 11 is 1.20. The number of unbranched alkanes of at least 4 members (excludes halogenated alkanes) is 1. The molecule has 0 aliphatic heterocycles. The number of aromatic nitrogens is 1. The van der Waals surface area contributed by atoms with E-state index in [9.17, 15) is 9.18 Å². The van der Waals surface area contributed by atoms with Gasteiger partial charge < -0.3 is 5.11 Å². The van der Waals surface area contributed by atoms with Crippen LogP contribution in [0.25, 0.3) is 0 Å². The number of hydrogen-bond donors (Lipinski definition) is 1. The van der Waals surface area contributed by atoms with Gasteiger partial charge in [-0.3, -0.25) is 3.96 Å². The summed E-state index contributed by atoms with van der Waals surface area (Å²) in [7, 11) is 0. The van der Waals surface area contributed by atoms with Gasteiger partial charge in [0.1, 0.15) is 11.3 Å². The molecule has 0 unspecified atom stereocenters. The van der Waals surface area contributed by atoms with Crippen LogP contribution < -0.4 is 4.67 Å². The van der Waals surface area contributed by atoms with Crippen LogP contribution in [0.5, 0.6) is 0 Å². The van der Waals surface area contributed by atoms with E-state index >= 15 is 0 Å². The first-order valence-corrected chi connectivity index (χ1v) is 6.74. The third kappa shape index (κ3) is 3.66. The molecule has 1 N–H and O–H groups in total. The lowest BCUT2D eigenvalue weighted by molar-refractivity contribution is 0.205. The van der Waals surface area contributed by atoms with E-state index in [0.717, 1.165) is 24.8 Å². The van der Waals surface area contributed by atoms with Crippen molar-refractivity contribution in [3.8, 4) is 0 Å². The molecule has 1 heterocycles. The molecule has 0 fully saturated rings. The maximum absolute atomic E-state index is 13.0. The van der Waals surface area contributed by atoms with E-state index < -0.39 is 18.3 Å². The lowest BCUT2D eigenvalue weighted by Gasteiger charge is -2.21. The van der Waals surface area contributed by atoms with Crippen molar-refractivity contribution in [3.63, 3.8) is 0 Å². The zero-order valence-electron chi connectivity index (χ0n) is 10.9. The predicted octanol–water partition coefficient (Wildman–Crippen LogP) is 3.18. The molecule has 0 aromatic carbocycles. The second-order valence-corrected chi connectivity index (χ2v) is 5.78. The molecule has 4 nitrogen and oxygen atoms in total. The van der Waals surface area contributed by atoms with Crippen LogP contribution in [0.4, 0.5) is 9.18 Å². The molecule has 0 saturated carbocycles. The Kier molecular flexibility index (Phi) is 5.07. The first-order chi connectivity index (χ1) is 8.40. The van der Waals surface area contributed by atoms with E-state index in [2.05, 4.69) is 11.9 Å². The fraction of sp³-hybridized carbons (Fsp3) is 0.667. The zero-order valence-corrected chi connectivity index (χ0v) is 11.8. The minimum absolute atomic E-state index is 0.470. The highest BCUT2D eigenvalue weighted by Gasteiger charge is 2.21. The fourth-order valence-electron chi connectivity index (χ4n) is 1.45. The molecule has 0 radical (unpaired) electrons. The van der Waals surface area contributed by atoms with Gasteiger partial charge in [0.2, 0.25) is 0 Å². The maximum atomic E-state index is 13.0. The Bertz CT molecular complexity index is 477. The molecule has 0 atom stereocenters. The maximum Gasteiger partial charge on any atom is 0.432 e. The van der Waals surface area contributed by atoms with E-state index in [0.29, 0.717) is 4.67 Å². The lowest BCUT2D eigenvalue weighted by Crippen LogP contribution is -2.26. The summed E-state index contributed by atoms with van der Waals surface area (Å²) in [5.41, 5.74) is 0.225. The molecule has 1 aromatic heterocycles. The van der Waals surface area contributed by atoms with Crippen LogP contribution in [0.1, 0.15) is 39.2 Å². The number of alkyl halides is 1.